The van der Waals surface area contributed by atoms with E-state index >= 15 is 0 Å². The van der Waals surface area contributed by atoms with Gasteiger partial charge in [0.1, 0.15) is 5.82 Å². The second kappa shape index (κ2) is 4.06. The summed E-state index contributed by atoms with van der Waals surface area (Å²) in [5.74, 6) is 1.38. The van der Waals surface area contributed by atoms with Crippen LogP contribution in [-0.4, -0.2) is 15.1 Å². The molecule has 0 atom stereocenters. The van der Waals surface area contributed by atoms with Crippen LogP contribution >= 0.6 is 11.8 Å². The molecule has 0 aliphatic heterocycles. The number of nitrogens with one attached hydrogen (secondary N) is 1. The van der Waals surface area contributed by atoms with Gasteiger partial charge in [0.2, 0.25) is 0 Å². The molecule has 0 bridgehead atoms. The van der Waals surface area contributed by atoms with Crippen molar-refractivity contribution in [1.82, 2.24) is 9.97 Å². The molecule has 0 amide bonds. The number of nitrogens with two attached hydrogens (primary N) is 1. The van der Waals surface area contributed by atoms with Gasteiger partial charge in [-0.2, -0.15) is 0 Å². The number of amidine groups is 1. The summed E-state index contributed by atoms with van der Waals surface area (Å²) in [5.41, 5.74) is 6.09. The molecule has 0 saturated carbocycles. The lowest BCUT2D eigenvalue weighted by Gasteiger charge is -1.98. The third kappa shape index (κ3) is 2.87. The number of hydrogen-bond acceptors (Lipinski definition) is 4. The van der Waals surface area contributed by atoms with Gasteiger partial charge in [-0.15, -0.1) is 0 Å². The van der Waals surface area contributed by atoms with Gasteiger partial charge in [0.15, 0.2) is 5.17 Å². The van der Waals surface area contributed by atoms with Crippen LogP contribution in [0.2, 0.25) is 0 Å². The highest BCUT2D eigenvalue weighted by Crippen LogP contribution is 2.07. The molecule has 0 radical (unpaired) electrons. The Balaban J connectivity index is 2.57. The largest absolute Gasteiger partial charge is 0.379 e. The van der Waals surface area contributed by atoms with Gasteiger partial charge in [0.05, 0.1) is 5.69 Å². The van der Waals surface area contributed by atoms with Crippen molar-refractivity contribution in [3.8, 4) is 0 Å². The fraction of sp³-hybridized carbons (Fsp3) is 0.286. The van der Waals surface area contributed by atoms with Crippen LogP contribution in [0.15, 0.2) is 12.3 Å². The van der Waals surface area contributed by atoms with Gasteiger partial charge in [-0.05, 0) is 13.0 Å². The van der Waals surface area contributed by atoms with E-state index in [0.29, 0.717) is 5.75 Å². The molecule has 0 spiro atoms. The quantitative estimate of drug-likeness (QED) is 0.526. The SMILES string of the molecule is Cc1nccc(CSC(=N)N)n1. The Kier molecular flexibility index (Phi) is 3.04. The molecular formula is C7H10N4S. The maximum absolute atomic E-state index is 6.99. The van der Waals surface area contributed by atoms with Crippen LogP contribution in [0.1, 0.15) is 11.5 Å². The predicted molar refractivity (Wildman–Crippen MR) is 50.0 cm³/mol. The molecule has 0 aliphatic carbocycles. The molecule has 1 aromatic heterocycles. The van der Waals surface area contributed by atoms with Crippen LogP contribution in [0.4, 0.5) is 0 Å². The summed E-state index contributed by atoms with van der Waals surface area (Å²) >= 11 is 1.26. The highest BCUT2D eigenvalue weighted by molar-refractivity contribution is 8.13. The summed E-state index contributed by atoms with van der Waals surface area (Å²) in [4.78, 5) is 8.12. The lowest BCUT2D eigenvalue weighted by molar-refractivity contribution is 1.00. The van der Waals surface area contributed by atoms with E-state index in [-0.39, 0.29) is 5.17 Å². The first-order chi connectivity index (χ1) is 5.68. The van der Waals surface area contributed by atoms with Crippen LogP contribution < -0.4 is 5.73 Å². The monoisotopic (exact) mass is 182 g/mol. The van der Waals surface area contributed by atoms with Crippen molar-refractivity contribution in [3.63, 3.8) is 0 Å². The zero-order valence-electron chi connectivity index (χ0n) is 6.74. The van der Waals surface area contributed by atoms with Crippen molar-refractivity contribution in [1.29, 1.82) is 5.41 Å². The van der Waals surface area contributed by atoms with Gasteiger partial charge in [0.25, 0.3) is 0 Å². The molecule has 0 fully saturated rings. The minimum Gasteiger partial charge on any atom is -0.379 e. The number of aryl methyl sites for hydroxylation is 1. The maximum atomic E-state index is 6.99. The standard InChI is InChI=1S/C7H10N4S/c1-5-10-3-2-6(11-5)4-12-7(8)9/h2-3H,4H2,1H3,(H3,8,9). The average molecular weight is 182 g/mol. The van der Waals surface area contributed by atoms with Gasteiger partial charge in [-0.3, -0.25) is 5.41 Å². The number of aromatic nitrogens is 2. The third-order valence-electron chi connectivity index (χ3n) is 1.21. The van der Waals surface area contributed by atoms with Crippen molar-refractivity contribution in [2.75, 3.05) is 0 Å². The van der Waals surface area contributed by atoms with E-state index in [2.05, 4.69) is 9.97 Å². The molecule has 64 valence electrons. The molecular weight excluding hydrogens is 172 g/mol. The molecule has 0 aliphatic rings. The van der Waals surface area contributed by atoms with Crippen LogP contribution in [0.25, 0.3) is 0 Å². The lowest BCUT2D eigenvalue weighted by Crippen LogP contribution is -2.04. The Morgan fingerprint density at radius 2 is 2.50 bits per heavy atom. The summed E-state index contributed by atoms with van der Waals surface area (Å²) in [5, 5.41) is 7.11. The predicted octanol–water partition coefficient (Wildman–Crippen LogP) is 0.912. The summed E-state index contributed by atoms with van der Waals surface area (Å²) in [6, 6.07) is 1.82. The number of hydrogen-bond donors (Lipinski definition) is 2. The van der Waals surface area contributed by atoms with Gasteiger partial charge < -0.3 is 5.73 Å². The molecule has 4 nitrogen and oxygen atoms in total. The van der Waals surface area contributed by atoms with E-state index in [9.17, 15) is 0 Å². The molecule has 1 aromatic rings. The molecule has 3 N–H and O–H groups in total. The molecule has 0 saturated heterocycles. The summed E-state index contributed by atoms with van der Waals surface area (Å²) in [6.45, 7) is 1.84. The minimum atomic E-state index is 0.117. The second-order valence-corrected chi connectivity index (χ2v) is 3.27. The Morgan fingerprint density at radius 1 is 1.75 bits per heavy atom. The third-order valence-corrected chi connectivity index (χ3v) is 1.96. The number of thioether (sulfide) groups is 1. The van der Waals surface area contributed by atoms with E-state index in [1.807, 2.05) is 13.0 Å². The van der Waals surface area contributed by atoms with Crippen LogP contribution in [0.5, 0.6) is 0 Å². The Labute approximate surface area is 75.1 Å². The topological polar surface area (TPSA) is 75.7 Å². The van der Waals surface area contributed by atoms with Crippen molar-refractivity contribution in [2.24, 2.45) is 5.73 Å². The Hall–Kier alpha value is -1.10. The van der Waals surface area contributed by atoms with Gasteiger partial charge in [-0.25, -0.2) is 9.97 Å². The first-order valence-corrected chi connectivity index (χ1v) is 4.42. The van der Waals surface area contributed by atoms with Crippen molar-refractivity contribution < 1.29 is 0 Å². The summed E-state index contributed by atoms with van der Waals surface area (Å²) < 4.78 is 0. The zero-order chi connectivity index (χ0) is 8.97. The molecule has 1 rings (SSSR count). The lowest BCUT2D eigenvalue weighted by atomic mass is 10.4. The van der Waals surface area contributed by atoms with E-state index < -0.39 is 0 Å². The van der Waals surface area contributed by atoms with Gasteiger partial charge in [0, 0.05) is 11.9 Å². The van der Waals surface area contributed by atoms with Crippen LogP contribution in [-0.2, 0) is 5.75 Å². The Morgan fingerprint density at radius 3 is 3.08 bits per heavy atom. The highest BCUT2D eigenvalue weighted by atomic mass is 32.2. The fourth-order valence-electron chi connectivity index (χ4n) is 0.737. The van der Waals surface area contributed by atoms with Crippen LogP contribution in [0, 0.1) is 12.3 Å². The summed E-state index contributed by atoms with van der Waals surface area (Å²) in [6.07, 6.45) is 1.71. The average Bonchev–Trinajstić information content (AvgIpc) is 2.01. The smallest absolute Gasteiger partial charge is 0.151 e. The van der Waals surface area contributed by atoms with Gasteiger partial charge >= 0.3 is 0 Å². The van der Waals surface area contributed by atoms with Crippen molar-refractivity contribution in [3.05, 3.63) is 23.8 Å². The molecule has 1 heterocycles. The molecule has 5 heteroatoms. The van der Waals surface area contributed by atoms with E-state index in [1.165, 1.54) is 11.8 Å². The summed E-state index contributed by atoms with van der Waals surface area (Å²) in [7, 11) is 0. The second-order valence-electron chi connectivity index (χ2n) is 2.25. The van der Waals surface area contributed by atoms with E-state index in [4.69, 9.17) is 11.1 Å². The first kappa shape index (κ1) is 8.99. The first-order valence-electron chi connectivity index (χ1n) is 3.44. The molecule has 12 heavy (non-hydrogen) atoms. The molecule has 0 aromatic carbocycles. The van der Waals surface area contributed by atoms with E-state index in [0.717, 1.165) is 11.5 Å². The molecule has 0 unspecified atom stereocenters. The van der Waals surface area contributed by atoms with Crippen molar-refractivity contribution >= 4 is 16.9 Å². The number of nitrogens with zero attached hydrogens (tertiary/aromatic N) is 2. The minimum absolute atomic E-state index is 0.117. The normalized spacial score (nSPS) is 9.75. The number of rotatable bonds is 2. The van der Waals surface area contributed by atoms with Gasteiger partial charge in [-0.1, -0.05) is 11.8 Å². The Bertz CT molecular complexity index is 286. The maximum Gasteiger partial charge on any atom is 0.151 e. The van der Waals surface area contributed by atoms with Crippen molar-refractivity contribution in [2.45, 2.75) is 12.7 Å². The van der Waals surface area contributed by atoms with E-state index in [1.54, 1.807) is 6.20 Å². The van der Waals surface area contributed by atoms with Crippen LogP contribution in [0.3, 0.4) is 0 Å². The zero-order valence-corrected chi connectivity index (χ0v) is 7.56. The highest BCUT2D eigenvalue weighted by Gasteiger charge is 1.96. The fourth-order valence-corrected chi connectivity index (χ4v) is 1.20.